The van der Waals surface area contributed by atoms with E-state index in [9.17, 15) is 9.18 Å². The molecule has 1 N–H and O–H groups in total. The van der Waals surface area contributed by atoms with Gasteiger partial charge in [0.1, 0.15) is 5.82 Å². The van der Waals surface area contributed by atoms with Crippen molar-refractivity contribution in [3.63, 3.8) is 0 Å². The quantitative estimate of drug-likeness (QED) is 0.724. The summed E-state index contributed by atoms with van der Waals surface area (Å²) >= 11 is 0. The van der Waals surface area contributed by atoms with Crippen molar-refractivity contribution in [2.75, 3.05) is 13.1 Å². The van der Waals surface area contributed by atoms with E-state index in [4.69, 9.17) is 0 Å². The van der Waals surface area contributed by atoms with Gasteiger partial charge >= 0.3 is 0 Å². The first kappa shape index (κ1) is 23.3. The molecule has 3 rings (SSSR count). The molecule has 158 valence electrons. The molecule has 1 aliphatic heterocycles. The lowest BCUT2D eigenvalue weighted by atomic mass is 9.97. The van der Waals surface area contributed by atoms with Crippen molar-refractivity contribution in [3.05, 3.63) is 65.7 Å². The second-order valence-electron chi connectivity index (χ2n) is 7.65. The van der Waals surface area contributed by atoms with Crippen LogP contribution in [0.2, 0.25) is 0 Å². The molecule has 1 fully saturated rings. The molecule has 2 unspecified atom stereocenters. The molecule has 1 aliphatic rings. The number of benzene rings is 1. The predicted octanol–water partition coefficient (Wildman–Crippen LogP) is 4.38. The molecular weight excluding hydrogens is 389 g/mol. The number of nitrogens with one attached hydrogen (secondary N) is 1. The van der Waals surface area contributed by atoms with Crippen molar-refractivity contribution in [2.45, 2.75) is 51.6 Å². The number of hydrogen-bond acceptors (Lipinski definition) is 3. The van der Waals surface area contributed by atoms with Crippen LogP contribution in [0, 0.1) is 11.7 Å². The third kappa shape index (κ3) is 6.79. The molecule has 0 radical (unpaired) electrons. The number of carbonyl (C=O) groups is 1. The number of nitrogens with zero attached hydrogens (tertiary/aromatic N) is 2. The zero-order chi connectivity index (χ0) is 19.8. The number of aromatic nitrogens is 1. The molecule has 4 nitrogen and oxygen atoms in total. The van der Waals surface area contributed by atoms with Gasteiger partial charge in [0.15, 0.2) is 0 Å². The minimum absolute atomic E-state index is 0. The van der Waals surface area contributed by atoms with Crippen LogP contribution < -0.4 is 5.32 Å². The zero-order valence-electron chi connectivity index (χ0n) is 17.0. The zero-order valence-corrected chi connectivity index (χ0v) is 17.8. The summed E-state index contributed by atoms with van der Waals surface area (Å²) in [6.45, 7) is 4.43. The Balaban J connectivity index is 0.00000300. The van der Waals surface area contributed by atoms with E-state index >= 15 is 0 Å². The standard InChI is InChI=1S/C23H30FN3O.ClH/c1-18(11-12-19-7-2-3-10-22(19)24)23(28)27(17-20-8-4-5-15-26-20)21-9-6-14-25-16-13-21;/h2-5,7-8,10,15,18,21,25H,6,9,11-14,16-17H2,1H3;1H. The second kappa shape index (κ2) is 11.9. The van der Waals surface area contributed by atoms with Crippen molar-refractivity contribution in [2.24, 2.45) is 5.92 Å². The molecular formula is C23H31ClFN3O. The third-order valence-electron chi connectivity index (χ3n) is 5.55. The van der Waals surface area contributed by atoms with Gasteiger partial charge in [0.05, 0.1) is 12.2 Å². The van der Waals surface area contributed by atoms with Gasteiger partial charge in [0.2, 0.25) is 5.91 Å². The van der Waals surface area contributed by atoms with Gasteiger partial charge < -0.3 is 10.2 Å². The summed E-state index contributed by atoms with van der Waals surface area (Å²) in [5, 5.41) is 3.42. The molecule has 0 bridgehead atoms. The summed E-state index contributed by atoms with van der Waals surface area (Å²) in [6, 6.07) is 12.9. The van der Waals surface area contributed by atoms with Crippen LogP contribution >= 0.6 is 12.4 Å². The Labute approximate surface area is 179 Å². The van der Waals surface area contributed by atoms with Gasteiger partial charge in [-0.05, 0) is 69.0 Å². The van der Waals surface area contributed by atoms with Crippen LogP contribution in [0.25, 0.3) is 0 Å². The highest BCUT2D eigenvalue weighted by atomic mass is 35.5. The van der Waals surface area contributed by atoms with E-state index in [0.29, 0.717) is 24.9 Å². The number of aryl methyl sites for hydroxylation is 1. The Bertz CT molecular complexity index is 751. The molecule has 0 aliphatic carbocycles. The number of hydrogen-bond donors (Lipinski definition) is 1. The van der Waals surface area contributed by atoms with Gasteiger partial charge in [0.25, 0.3) is 0 Å². The fourth-order valence-electron chi connectivity index (χ4n) is 3.85. The van der Waals surface area contributed by atoms with Gasteiger partial charge in [-0.1, -0.05) is 31.2 Å². The Morgan fingerprint density at radius 3 is 2.76 bits per heavy atom. The summed E-state index contributed by atoms with van der Waals surface area (Å²) in [7, 11) is 0. The number of amides is 1. The van der Waals surface area contributed by atoms with Crippen LogP contribution in [0.15, 0.2) is 48.7 Å². The van der Waals surface area contributed by atoms with Crippen molar-refractivity contribution in [1.82, 2.24) is 15.2 Å². The minimum atomic E-state index is -0.192. The Morgan fingerprint density at radius 1 is 1.21 bits per heavy atom. The smallest absolute Gasteiger partial charge is 0.226 e. The van der Waals surface area contributed by atoms with E-state index in [2.05, 4.69) is 10.3 Å². The topological polar surface area (TPSA) is 45.2 Å². The van der Waals surface area contributed by atoms with E-state index < -0.39 is 0 Å². The fourth-order valence-corrected chi connectivity index (χ4v) is 3.85. The summed E-state index contributed by atoms with van der Waals surface area (Å²) < 4.78 is 13.9. The average Bonchev–Trinajstić information content (AvgIpc) is 3.01. The van der Waals surface area contributed by atoms with E-state index in [1.165, 1.54) is 6.07 Å². The maximum Gasteiger partial charge on any atom is 0.226 e. The van der Waals surface area contributed by atoms with Crippen LogP contribution in [0.3, 0.4) is 0 Å². The molecule has 0 saturated carbocycles. The molecule has 2 heterocycles. The average molecular weight is 420 g/mol. The molecule has 2 aromatic rings. The third-order valence-corrected chi connectivity index (χ3v) is 5.55. The molecule has 0 spiro atoms. The Kier molecular flexibility index (Phi) is 9.55. The van der Waals surface area contributed by atoms with Gasteiger partial charge in [0, 0.05) is 18.2 Å². The number of halogens is 2. The van der Waals surface area contributed by atoms with E-state index in [-0.39, 0.29) is 36.1 Å². The molecule has 2 atom stereocenters. The summed E-state index contributed by atoms with van der Waals surface area (Å²) in [5.74, 6) is -0.198. The monoisotopic (exact) mass is 419 g/mol. The SMILES string of the molecule is CC(CCc1ccccc1F)C(=O)N(Cc1ccccn1)C1CCCNCC1.Cl. The van der Waals surface area contributed by atoms with Gasteiger partial charge in [-0.3, -0.25) is 9.78 Å². The highest BCUT2D eigenvalue weighted by Gasteiger charge is 2.28. The Morgan fingerprint density at radius 2 is 2.00 bits per heavy atom. The minimum Gasteiger partial charge on any atom is -0.334 e. The lowest BCUT2D eigenvalue weighted by Crippen LogP contribution is -2.43. The number of pyridine rings is 1. The van der Waals surface area contributed by atoms with Crippen molar-refractivity contribution < 1.29 is 9.18 Å². The molecule has 29 heavy (non-hydrogen) atoms. The summed E-state index contributed by atoms with van der Waals surface area (Å²) in [4.78, 5) is 19.8. The lowest BCUT2D eigenvalue weighted by molar-refractivity contribution is -0.138. The van der Waals surface area contributed by atoms with Crippen LogP contribution in [0.4, 0.5) is 4.39 Å². The largest absolute Gasteiger partial charge is 0.334 e. The molecule has 1 aromatic heterocycles. The molecule has 1 amide bonds. The molecule has 1 aromatic carbocycles. The van der Waals surface area contributed by atoms with Crippen LogP contribution in [-0.2, 0) is 17.8 Å². The van der Waals surface area contributed by atoms with Gasteiger partial charge in [-0.25, -0.2) is 4.39 Å². The van der Waals surface area contributed by atoms with E-state index in [0.717, 1.165) is 38.0 Å². The predicted molar refractivity (Wildman–Crippen MR) is 116 cm³/mol. The van der Waals surface area contributed by atoms with E-state index in [1.54, 1.807) is 18.3 Å². The van der Waals surface area contributed by atoms with Crippen LogP contribution in [-0.4, -0.2) is 34.9 Å². The number of rotatable bonds is 7. The van der Waals surface area contributed by atoms with Crippen molar-refractivity contribution >= 4 is 18.3 Å². The van der Waals surface area contributed by atoms with Crippen molar-refractivity contribution in [3.8, 4) is 0 Å². The van der Waals surface area contributed by atoms with Crippen molar-refractivity contribution in [1.29, 1.82) is 0 Å². The highest BCUT2D eigenvalue weighted by Crippen LogP contribution is 2.21. The second-order valence-corrected chi connectivity index (χ2v) is 7.65. The number of carbonyl (C=O) groups excluding carboxylic acids is 1. The highest BCUT2D eigenvalue weighted by molar-refractivity contribution is 5.85. The molecule has 1 saturated heterocycles. The van der Waals surface area contributed by atoms with Gasteiger partial charge in [-0.15, -0.1) is 12.4 Å². The maximum absolute atomic E-state index is 13.9. The lowest BCUT2D eigenvalue weighted by Gasteiger charge is -2.33. The summed E-state index contributed by atoms with van der Waals surface area (Å²) in [6.07, 6.45) is 6.02. The van der Waals surface area contributed by atoms with Gasteiger partial charge in [-0.2, -0.15) is 0 Å². The van der Waals surface area contributed by atoms with E-state index in [1.807, 2.05) is 36.1 Å². The fraction of sp³-hybridized carbons (Fsp3) is 0.478. The first-order valence-corrected chi connectivity index (χ1v) is 10.3. The van der Waals surface area contributed by atoms with Crippen LogP contribution in [0.5, 0.6) is 0 Å². The summed E-state index contributed by atoms with van der Waals surface area (Å²) in [5.41, 5.74) is 1.59. The maximum atomic E-state index is 13.9. The first-order valence-electron chi connectivity index (χ1n) is 10.3. The normalized spacial score (nSPS) is 17.7. The van der Waals surface area contributed by atoms with Crippen LogP contribution in [0.1, 0.15) is 43.9 Å². The first-order chi connectivity index (χ1) is 13.6. The Hall–Kier alpha value is -1.98. The molecule has 6 heteroatoms.